The topological polar surface area (TPSA) is 105 Å². The molecule has 1 N–H and O–H groups in total. The molecule has 1 amide bonds. The highest BCUT2D eigenvalue weighted by Crippen LogP contribution is 2.28. The van der Waals surface area contributed by atoms with Gasteiger partial charge in [0.25, 0.3) is 5.91 Å². The second-order valence-corrected chi connectivity index (χ2v) is 7.19. The highest BCUT2D eigenvalue weighted by Gasteiger charge is 2.29. The third-order valence-corrected chi connectivity index (χ3v) is 4.45. The van der Waals surface area contributed by atoms with Gasteiger partial charge in [0.05, 0.1) is 19.3 Å². The van der Waals surface area contributed by atoms with Crippen LogP contribution in [0.3, 0.4) is 0 Å². The largest absolute Gasteiger partial charge is 0.484 e. The van der Waals surface area contributed by atoms with Crippen molar-refractivity contribution in [2.75, 3.05) is 33.0 Å². The van der Waals surface area contributed by atoms with E-state index in [1.165, 1.54) is 0 Å². The molecule has 2 atom stereocenters. The lowest BCUT2D eigenvalue weighted by atomic mass is 10.1. The van der Waals surface area contributed by atoms with E-state index in [0.29, 0.717) is 18.6 Å². The highest BCUT2D eigenvalue weighted by molar-refractivity contribution is 5.77. The van der Waals surface area contributed by atoms with Crippen LogP contribution in [0, 0.1) is 6.92 Å². The molecule has 1 aliphatic heterocycles. The molecule has 0 spiro atoms. The van der Waals surface area contributed by atoms with Gasteiger partial charge in [-0.2, -0.15) is 13.2 Å². The quantitative estimate of drug-likeness (QED) is 0.541. The van der Waals surface area contributed by atoms with Gasteiger partial charge in [0, 0.05) is 0 Å². The first-order chi connectivity index (χ1) is 15.3. The molecular formula is C20H24F3N3O6. The summed E-state index contributed by atoms with van der Waals surface area (Å²) in [4.78, 5) is 12.1. The van der Waals surface area contributed by atoms with Crippen molar-refractivity contribution in [3.8, 4) is 11.8 Å². The monoisotopic (exact) mass is 459 g/mol. The van der Waals surface area contributed by atoms with Gasteiger partial charge in [-0.3, -0.25) is 4.79 Å². The van der Waals surface area contributed by atoms with E-state index >= 15 is 0 Å². The molecule has 1 aromatic heterocycles. The Morgan fingerprint density at radius 1 is 1.16 bits per heavy atom. The molecule has 0 saturated carbocycles. The molecule has 0 radical (unpaired) electrons. The number of carbonyl (C=O) groups is 1. The van der Waals surface area contributed by atoms with Crippen LogP contribution < -0.4 is 14.8 Å². The van der Waals surface area contributed by atoms with Crippen molar-refractivity contribution in [1.82, 2.24) is 15.5 Å². The minimum atomic E-state index is -4.39. The first-order valence-electron chi connectivity index (χ1n) is 9.99. The number of aryl methyl sites for hydroxylation is 1. The normalized spacial score (nSPS) is 18.9. The number of halogens is 3. The van der Waals surface area contributed by atoms with Crippen LogP contribution in [0.15, 0.2) is 28.7 Å². The van der Waals surface area contributed by atoms with E-state index in [1.807, 2.05) is 19.1 Å². The number of benzene rings is 1. The van der Waals surface area contributed by atoms with Crippen molar-refractivity contribution in [1.29, 1.82) is 0 Å². The average molecular weight is 459 g/mol. The van der Waals surface area contributed by atoms with E-state index in [1.54, 1.807) is 12.1 Å². The molecule has 0 unspecified atom stereocenters. The standard InChI is InChI=1S/C20H24F3N3O6/c1-13-2-5-15(6-3-13)30-11-17(27)24-14-4-7-16(31-10-14)18-25-26-19(32-18)29-9-8-28-12-20(21,22)23/h2-3,5-6,14,16H,4,7-12H2,1H3,(H,24,27)/t14-,16+/m1/s1. The van der Waals surface area contributed by atoms with Crippen molar-refractivity contribution >= 4 is 5.91 Å². The molecule has 32 heavy (non-hydrogen) atoms. The van der Waals surface area contributed by atoms with E-state index < -0.39 is 18.9 Å². The number of aromatic nitrogens is 2. The number of rotatable bonds is 10. The van der Waals surface area contributed by atoms with Crippen LogP contribution in [0.5, 0.6) is 11.8 Å². The Hall–Kier alpha value is -2.86. The number of alkyl halides is 3. The lowest BCUT2D eigenvalue weighted by Gasteiger charge is -2.27. The van der Waals surface area contributed by atoms with Gasteiger partial charge >= 0.3 is 12.3 Å². The Morgan fingerprint density at radius 3 is 2.62 bits per heavy atom. The van der Waals surface area contributed by atoms with Crippen LogP contribution in [0.4, 0.5) is 13.2 Å². The minimum Gasteiger partial charge on any atom is -0.484 e. The summed E-state index contributed by atoms with van der Waals surface area (Å²) >= 11 is 0. The number of carbonyl (C=O) groups excluding carboxylic acids is 1. The van der Waals surface area contributed by atoms with Gasteiger partial charge in [0.2, 0.25) is 5.89 Å². The molecule has 9 nitrogen and oxygen atoms in total. The predicted molar refractivity (Wildman–Crippen MR) is 103 cm³/mol. The molecule has 176 valence electrons. The Balaban J connectivity index is 1.33. The number of nitrogens with zero attached hydrogens (tertiary/aromatic N) is 2. The van der Waals surface area contributed by atoms with Gasteiger partial charge in [0.1, 0.15) is 25.1 Å². The van der Waals surface area contributed by atoms with Gasteiger partial charge in [-0.1, -0.05) is 22.8 Å². The zero-order valence-corrected chi connectivity index (χ0v) is 17.4. The molecule has 0 bridgehead atoms. The van der Waals surface area contributed by atoms with E-state index in [9.17, 15) is 18.0 Å². The van der Waals surface area contributed by atoms with Gasteiger partial charge < -0.3 is 28.7 Å². The summed E-state index contributed by atoms with van der Waals surface area (Å²) in [5.74, 6) is 0.564. The zero-order chi connectivity index (χ0) is 23.0. The average Bonchev–Trinajstić information content (AvgIpc) is 3.22. The number of hydrogen-bond acceptors (Lipinski definition) is 8. The number of nitrogens with one attached hydrogen (secondary N) is 1. The molecule has 2 aromatic rings. The predicted octanol–water partition coefficient (Wildman–Crippen LogP) is 2.75. The molecule has 1 saturated heterocycles. The third kappa shape index (κ3) is 8.00. The second-order valence-electron chi connectivity index (χ2n) is 7.19. The highest BCUT2D eigenvalue weighted by atomic mass is 19.4. The summed E-state index contributed by atoms with van der Waals surface area (Å²) in [7, 11) is 0. The Labute approximate surface area is 182 Å². The molecule has 2 heterocycles. The van der Waals surface area contributed by atoms with Crippen LogP contribution in [-0.4, -0.2) is 61.4 Å². The lowest BCUT2D eigenvalue weighted by molar-refractivity contribution is -0.175. The summed E-state index contributed by atoms with van der Waals surface area (Å²) < 4.78 is 61.9. The summed E-state index contributed by atoms with van der Waals surface area (Å²) in [6.07, 6.45) is -3.87. The van der Waals surface area contributed by atoms with Crippen LogP contribution in [0.25, 0.3) is 0 Å². The van der Waals surface area contributed by atoms with Crippen molar-refractivity contribution in [3.63, 3.8) is 0 Å². The number of hydrogen-bond donors (Lipinski definition) is 1. The summed E-state index contributed by atoms with van der Waals surface area (Å²) in [5.41, 5.74) is 1.10. The SMILES string of the molecule is Cc1ccc(OCC(=O)N[C@@H]2CC[C@@H](c3nnc(OCCOCC(F)(F)F)o3)OC2)cc1. The van der Waals surface area contributed by atoms with Crippen LogP contribution in [0.2, 0.25) is 0 Å². The Bertz CT molecular complexity index is 851. The maximum Gasteiger partial charge on any atom is 0.414 e. The second kappa shape index (κ2) is 11.1. The number of ether oxygens (including phenoxy) is 4. The van der Waals surface area contributed by atoms with Gasteiger partial charge in [-0.25, -0.2) is 0 Å². The van der Waals surface area contributed by atoms with Crippen LogP contribution >= 0.6 is 0 Å². The molecule has 1 fully saturated rings. The Kier molecular flexibility index (Phi) is 8.28. The fourth-order valence-corrected chi connectivity index (χ4v) is 2.90. The van der Waals surface area contributed by atoms with Crippen molar-refractivity contribution in [3.05, 3.63) is 35.7 Å². The molecular weight excluding hydrogens is 435 g/mol. The van der Waals surface area contributed by atoms with E-state index in [2.05, 4.69) is 20.3 Å². The van der Waals surface area contributed by atoms with Crippen LogP contribution in [-0.2, 0) is 14.3 Å². The fraction of sp³-hybridized carbons (Fsp3) is 0.550. The fourth-order valence-electron chi connectivity index (χ4n) is 2.90. The van der Waals surface area contributed by atoms with Gasteiger partial charge in [0.15, 0.2) is 6.61 Å². The third-order valence-electron chi connectivity index (χ3n) is 4.45. The molecule has 1 aliphatic rings. The number of amides is 1. The molecule has 0 aliphatic carbocycles. The maximum absolute atomic E-state index is 12.1. The molecule has 3 rings (SSSR count). The van der Waals surface area contributed by atoms with Gasteiger partial charge in [-0.15, -0.1) is 5.10 Å². The van der Waals surface area contributed by atoms with Crippen molar-refractivity contribution in [2.24, 2.45) is 0 Å². The first kappa shape index (κ1) is 23.8. The van der Waals surface area contributed by atoms with Crippen molar-refractivity contribution < 1.29 is 41.3 Å². The summed E-state index contributed by atoms with van der Waals surface area (Å²) in [6, 6.07) is 7.23. The van der Waals surface area contributed by atoms with E-state index in [0.717, 1.165) is 5.56 Å². The maximum atomic E-state index is 12.1. The summed E-state index contributed by atoms with van der Waals surface area (Å²) in [6.45, 7) is 0.336. The van der Waals surface area contributed by atoms with E-state index in [-0.39, 0.29) is 50.3 Å². The lowest BCUT2D eigenvalue weighted by Crippen LogP contribution is -2.43. The smallest absolute Gasteiger partial charge is 0.414 e. The zero-order valence-electron chi connectivity index (χ0n) is 17.4. The van der Waals surface area contributed by atoms with E-state index in [4.69, 9.17) is 18.6 Å². The Morgan fingerprint density at radius 2 is 1.94 bits per heavy atom. The molecule has 12 heteroatoms. The minimum absolute atomic E-state index is 0.0972. The van der Waals surface area contributed by atoms with Crippen LogP contribution in [0.1, 0.15) is 30.4 Å². The molecule has 1 aromatic carbocycles. The van der Waals surface area contributed by atoms with Crippen molar-refractivity contribution in [2.45, 2.75) is 38.1 Å². The van der Waals surface area contributed by atoms with Gasteiger partial charge in [-0.05, 0) is 31.9 Å². The summed E-state index contributed by atoms with van der Waals surface area (Å²) in [5, 5.41) is 10.4. The first-order valence-corrected chi connectivity index (χ1v) is 9.99.